The van der Waals surface area contributed by atoms with Crippen LogP contribution in [0.25, 0.3) is 0 Å². The quantitative estimate of drug-likeness (QED) is 0.811. The molecule has 1 aromatic carbocycles. The highest BCUT2D eigenvalue weighted by Crippen LogP contribution is 2.20. The van der Waals surface area contributed by atoms with E-state index in [1.165, 1.54) is 14.0 Å². The number of esters is 1. The van der Waals surface area contributed by atoms with Crippen molar-refractivity contribution in [2.75, 3.05) is 25.6 Å². The minimum atomic E-state index is -0.529. The van der Waals surface area contributed by atoms with Crippen molar-refractivity contribution in [3.8, 4) is 0 Å². The summed E-state index contributed by atoms with van der Waals surface area (Å²) in [5.41, 5.74) is 1.48. The molecule has 0 aliphatic rings. The van der Waals surface area contributed by atoms with E-state index in [4.69, 9.17) is 9.47 Å². The highest BCUT2D eigenvalue weighted by molar-refractivity contribution is 5.84. The number of benzene rings is 1. The van der Waals surface area contributed by atoms with Gasteiger partial charge in [0.15, 0.2) is 0 Å². The lowest BCUT2D eigenvalue weighted by atomic mass is 10.1. The first-order valence-corrected chi connectivity index (χ1v) is 6.26. The van der Waals surface area contributed by atoms with Crippen LogP contribution in [0.2, 0.25) is 0 Å². The molecule has 1 unspecified atom stereocenters. The summed E-state index contributed by atoms with van der Waals surface area (Å²) in [5.74, 6) is -0.348. The van der Waals surface area contributed by atoms with Crippen molar-refractivity contribution in [3.05, 3.63) is 29.8 Å². The Morgan fingerprint density at radius 3 is 2.40 bits per heavy atom. The highest BCUT2D eigenvalue weighted by Gasteiger charge is 2.13. The number of amides is 1. The minimum Gasteiger partial charge on any atom is -0.463 e. The van der Waals surface area contributed by atoms with Gasteiger partial charge in [-0.15, -0.1) is 0 Å². The van der Waals surface area contributed by atoms with Crippen LogP contribution in [0.1, 0.15) is 25.5 Å². The number of hydrogen-bond donors (Lipinski definition) is 1. The van der Waals surface area contributed by atoms with E-state index in [2.05, 4.69) is 10.1 Å². The maximum absolute atomic E-state index is 11.1. The Balaban J connectivity index is 2.71. The number of nitrogens with one attached hydrogen (secondary N) is 1. The molecule has 0 aromatic heterocycles. The minimum absolute atomic E-state index is 0.160. The molecule has 0 saturated carbocycles. The second-order valence-electron chi connectivity index (χ2n) is 3.99. The standard InChI is InChI=1S/C14H19NO5/c1-4-19-13(9-20-10(2)16)11-5-7-12(8-6-11)15-14(17)18-3/h5-8,13H,4,9H2,1-3H3,(H,15,17). The second kappa shape index (κ2) is 8.16. The van der Waals surface area contributed by atoms with Crippen molar-refractivity contribution in [1.82, 2.24) is 0 Å². The number of carbonyl (C=O) groups is 2. The van der Waals surface area contributed by atoms with E-state index >= 15 is 0 Å². The molecule has 20 heavy (non-hydrogen) atoms. The van der Waals surface area contributed by atoms with Gasteiger partial charge in [0, 0.05) is 19.2 Å². The molecule has 0 aliphatic heterocycles. The summed E-state index contributed by atoms with van der Waals surface area (Å²) in [6, 6.07) is 7.06. The zero-order valence-electron chi connectivity index (χ0n) is 11.8. The van der Waals surface area contributed by atoms with Gasteiger partial charge in [0.2, 0.25) is 0 Å². The number of ether oxygens (including phenoxy) is 3. The largest absolute Gasteiger partial charge is 0.463 e. The van der Waals surface area contributed by atoms with Crippen LogP contribution >= 0.6 is 0 Å². The Morgan fingerprint density at radius 2 is 1.90 bits per heavy atom. The Morgan fingerprint density at radius 1 is 1.25 bits per heavy atom. The maximum Gasteiger partial charge on any atom is 0.411 e. The molecule has 0 spiro atoms. The van der Waals surface area contributed by atoms with Gasteiger partial charge in [-0.1, -0.05) is 12.1 Å². The van der Waals surface area contributed by atoms with Crippen molar-refractivity contribution in [2.45, 2.75) is 20.0 Å². The number of methoxy groups -OCH3 is 1. The number of hydrogen-bond acceptors (Lipinski definition) is 5. The molecule has 1 N–H and O–H groups in total. The molecule has 1 aromatic rings. The first-order valence-electron chi connectivity index (χ1n) is 6.26. The Hall–Kier alpha value is -2.08. The Kier molecular flexibility index (Phi) is 6.52. The molecule has 1 rings (SSSR count). The van der Waals surface area contributed by atoms with E-state index in [-0.39, 0.29) is 18.7 Å². The van der Waals surface area contributed by atoms with Crippen LogP contribution in [0.4, 0.5) is 10.5 Å². The van der Waals surface area contributed by atoms with Crippen LogP contribution in [0.5, 0.6) is 0 Å². The van der Waals surface area contributed by atoms with Gasteiger partial charge in [-0.05, 0) is 24.6 Å². The third-order valence-corrected chi connectivity index (χ3v) is 2.52. The highest BCUT2D eigenvalue weighted by atomic mass is 16.6. The third kappa shape index (κ3) is 5.27. The van der Waals surface area contributed by atoms with Crippen molar-refractivity contribution >= 4 is 17.7 Å². The van der Waals surface area contributed by atoms with Crippen LogP contribution in [0.15, 0.2) is 24.3 Å². The monoisotopic (exact) mass is 281 g/mol. The zero-order valence-corrected chi connectivity index (χ0v) is 11.8. The number of rotatable bonds is 6. The topological polar surface area (TPSA) is 73.9 Å². The number of anilines is 1. The lowest BCUT2D eigenvalue weighted by Crippen LogP contribution is -2.14. The molecule has 6 nitrogen and oxygen atoms in total. The molecule has 0 aliphatic carbocycles. The average Bonchev–Trinajstić information content (AvgIpc) is 2.44. The second-order valence-corrected chi connectivity index (χ2v) is 3.99. The molecule has 110 valence electrons. The van der Waals surface area contributed by atoms with Crippen LogP contribution in [0, 0.1) is 0 Å². The van der Waals surface area contributed by atoms with Crippen LogP contribution in [0.3, 0.4) is 0 Å². The van der Waals surface area contributed by atoms with Gasteiger partial charge >= 0.3 is 12.1 Å². The predicted molar refractivity (Wildman–Crippen MR) is 73.5 cm³/mol. The summed E-state index contributed by atoms with van der Waals surface area (Å²) in [7, 11) is 1.30. The molecule has 0 heterocycles. The SMILES string of the molecule is CCOC(COC(C)=O)c1ccc(NC(=O)OC)cc1. The van der Waals surface area contributed by atoms with Crippen molar-refractivity contribution in [3.63, 3.8) is 0 Å². The van der Waals surface area contributed by atoms with Crippen molar-refractivity contribution in [2.24, 2.45) is 0 Å². The lowest BCUT2D eigenvalue weighted by molar-refractivity contribution is -0.145. The van der Waals surface area contributed by atoms with E-state index in [0.717, 1.165) is 5.56 Å². The fourth-order valence-corrected chi connectivity index (χ4v) is 1.58. The molecular weight excluding hydrogens is 262 g/mol. The Bertz CT molecular complexity index is 443. The maximum atomic E-state index is 11.1. The Labute approximate surface area is 118 Å². The summed E-state index contributed by atoms with van der Waals surface area (Å²) in [5, 5.41) is 2.55. The molecule has 1 amide bonds. The van der Waals surface area contributed by atoms with Gasteiger partial charge in [-0.25, -0.2) is 4.79 Å². The summed E-state index contributed by atoms with van der Waals surface area (Å²) in [6.07, 6.45) is -0.852. The van der Waals surface area contributed by atoms with E-state index < -0.39 is 6.09 Å². The van der Waals surface area contributed by atoms with Crippen LogP contribution < -0.4 is 5.32 Å². The molecule has 6 heteroatoms. The summed E-state index contributed by atoms with van der Waals surface area (Å²) in [4.78, 5) is 21.9. The van der Waals surface area contributed by atoms with Gasteiger partial charge in [-0.2, -0.15) is 0 Å². The molecule has 0 bridgehead atoms. The van der Waals surface area contributed by atoms with Crippen LogP contribution in [-0.2, 0) is 19.0 Å². The first kappa shape index (κ1) is 16.0. The van der Waals surface area contributed by atoms with E-state index in [1.807, 2.05) is 6.92 Å². The predicted octanol–water partition coefficient (Wildman–Crippen LogP) is 2.51. The normalized spacial score (nSPS) is 11.6. The lowest BCUT2D eigenvalue weighted by Gasteiger charge is -2.17. The zero-order chi connectivity index (χ0) is 15.0. The van der Waals surface area contributed by atoms with E-state index in [9.17, 15) is 9.59 Å². The average molecular weight is 281 g/mol. The molecule has 0 fully saturated rings. The van der Waals surface area contributed by atoms with Crippen molar-refractivity contribution in [1.29, 1.82) is 0 Å². The summed E-state index contributed by atoms with van der Waals surface area (Å²) in [6.45, 7) is 3.89. The fourth-order valence-electron chi connectivity index (χ4n) is 1.58. The first-order chi connectivity index (χ1) is 9.56. The van der Waals surface area contributed by atoms with E-state index in [1.54, 1.807) is 24.3 Å². The summed E-state index contributed by atoms with van der Waals surface area (Å²) >= 11 is 0. The van der Waals surface area contributed by atoms with Gasteiger partial charge in [0.25, 0.3) is 0 Å². The smallest absolute Gasteiger partial charge is 0.411 e. The molecular formula is C14H19NO5. The van der Waals surface area contributed by atoms with E-state index in [0.29, 0.717) is 12.3 Å². The molecule has 0 radical (unpaired) electrons. The summed E-state index contributed by atoms with van der Waals surface area (Å²) < 4.78 is 15.0. The fraction of sp³-hybridized carbons (Fsp3) is 0.429. The number of carbonyl (C=O) groups excluding carboxylic acids is 2. The molecule has 0 saturated heterocycles. The van der Waals surface area contributed by atoms with Gasteiger partial charge in [-0.3, -0.25) is 10.1 Å². The van der Waals surface area contributed by atoms with Gasteiger partial charge < -0.3 is 14.2 Å². The van der Waals surface area contributed by atoms with Crippen molar-refractivity contribution < 1.29 is 23.8 Å². The third-order valence-electron chi connectivity index (χ3n) is 2.52. The van der Waals surface area contributed by atoms with Crippen LogP contribution in [-0.4, -0.2) is 32.4 Å². The van der Waals surface area contributed by atoms with Gasteiger partial charge in [0.1, 0.15) is 12.7 Å². The van der Waals surface area contributed by atoms with Gasteiger partial charge in [0.05, 0.1) is 7.11 Å². The molecule has 1 atom stereocenters.